The van der Waals surface area contributed by atoms with Crippen molar-refractivity contribution < 1.29 is 4.79 Å². The summed E-state index contributed by atoms with van der Waals surface area (Å²) in [7, 11) is 0. The van der Waals surface area contributed by atoms with Crippen LogP contribution < -0.4 is 0 Å². The average Bonchev–Trinajstić information content (AvgIpc) is 3.33. The normalized spacial score (nSPS) is 17.0. The summed E-state index contributed by atoms with van der Waals surface area (Å²) < 4.78 is 0. The van der Waals surface area contributed by atoms with E-state index in [1.807, 2.05) is 40.6 Å². The lowest BCUT2D eigenvalue weighted by molar-refractivity contribution is 0.0757. The molecule has 0 atom stereocenters. The Balaban J connectivity index is 1.33. The van der Waals surface area contributed by atoms with Crippen molar-refractivity contribution in [3.05, 3.63) is 58.4 Å². The van der Waals surface area contributed by atoms with Gasteiger partial charge in [0.1, 0.15) is 10.7 Å². The van der Waals surface area contributed by atoms with Gasteiger partial charge in [0.2, 0.25) is 0 Å². The molecule has 1 aliphatic heterocycles. The monoisotopic (exact) mass is 364 g/mol. The molecule has 3 heterocycles. The first-order valence-corrected chi connectivity index (χ1v) is 10.0. The molecule has 2 aromatic heterocycles. The molecule has 5 nitrogen and oxygen atoms in total. The van der Waals surface area contributed by atoms with Crippen LogP contribution in [0.25, 0.3) is 10.6 Å². The number of amides is 1. The third-order valence-electron chi connectivity index (χ3n) is 5.24. The van der Waals surface area contributed by atoms with Crippen molar-refractivity contribution in [3.8, 4) is 10.6 Å². The second kappa shape index (κ2) is 6.36. The van der Waals surface area contributed by atoms with Gasteiger partial charge in [-0.3, -0.25) is 9.89 Å². The largest absolute Gasteiger partial charge is 0.337 e. The predicted molar refractivity (Wildman–Crippen MR) is 101 cm³/mol. The Labute approximate surface area is 156 Å². The van der Waals surface area contributed by atoms with E-state index in [4.69, 9.17) is 0 Å². The molecule has 26 heavy (non-hydrogen) atoms. The van der Waals surface area contributed by atoms with Gasteiger partial charge in [-0.2, -0.15) is 5.10 Å². The van der Waals surface area contributed by atoms with E-state index in [0.29, 0.717) is 11.6 Å². The van der Waals surface area contributed by atoms with Crippen molar-refractivity contribution in [1.82, 2.24) is 20.1 Å². The summed E-state index contributed by atoms with van der Waals surface area (Å²) in [6.07, 6.45) is 4.23. The molecular weight excluding hydrogens is 344 g/mol. The number of fused-ring (bicyclic) bond motifs is 1. The van der Waals surface area contributed by atoms with Crippen molar-refractivity contribution in [2.75, 3.05) is 13.1 Å². The number of thiazole rings is 1. The summed E-state index contributed by atoms with van der Waals surface area (Å²) in [4.78, 5) is 19.5. The Morgan fingerprint density at radius 2 is 1.96 bits per heavy atom. The van der Waals surface area contributed by atoms with Gasteiger partial charge in [0.15, 0.2) is 0 Å². The van der Waals surface area contributed by atoms with E-state index in [0.717, 1.165) is 36.5 Å². The van der Waals surface area contributed by atoms with Gasteiger partial charge in [0.25, 0.3) is 5.91 Å². The highest BCUT2D eigenvalue weighted by atomic mass is 32.1. The molecule has 1 saturated carbocycles. The van der Waals surface area contributed by atoms with Gasteiger partial charge in [-0.15, -0.1) is 11.3 Å². The SMILES string of the molecule is O=C(c1csc(-c2ccccc2)n1)N1CCc2[nH]nc(C3CC3)c2CC1. The zero-order valence-electron chi connectivity index (χ0n) is 14.4. The topological polar surface area (TPSA) is 61.9 Å². The van der Waals surface area contributed by atoms with Crippen molar-refractivity contribution in [1.29, 1.82) is 0 Å². The maximum absolute atomic E-state index is 12.9. The van der Waals surface area contributed by atoms with Crippen LogP contribution in [0.15, 0.2) is 35.7 Å². The van der Waals surface area contributed by atoms with Crippen LogP contribution in [-0.4, -0.2) is 39.1 Å². The number of aromatic amines is 1. The maximum atomic E-state index is 12.9. The van der Waals surface area contributed by atoms with E-state index in [2.05, 4.69) is 15.2 Å². The number of nitrogens with zero attached hydrogens (tertiary/aromatic N) is 3. The van der Waals surface area contributed by atoms with Gasteiger partial charge in [-0.25, -0.2) is 4.98 Å². The number of benzene rings is 1. The molecule has 6 heteroatoms. The summed E-state index contributed by atoms with van der Waals surface area (Å²) in [5.74, 6) is 0.679. The summed E-state index contributed by atoms with van der Waals surface area (Å²) >= 11 is 1.53. The third-order valence-corrected chi connectivity index (χ3v) is 6.13. The van der Waals surface area contributed by atoms with Crippen LogP contribution in [0.4, 0.5) is 0 Å². The number of rotatable bonds is 3. The first-order valence-electron chi connectivity index (χ1n) is 9.16. The molecule has 1 amide bonds. The molecular formula is C20H20N4OS. The second-order valence-corrected chi connectivity index (χ2v) is 7.89. The Morgan fingerprint density at radius 3 is 2.77 bits per heavy atom. The minimum atomic E-state index is 0.0366. The van der Waals surface area contributed by atoms with Crippen molar-refractivity contribution in [3.63, 3.8) is 0 Å². The van der Waals surface area contributed by atoms with Crippen LogP contribution in [0.5, 0.6) is 0 Å². The number of aromatic nitrogens is 3. The Kier molecular flexibility index (Phi) is 3.85. The number of hydrogen-bond donors (Lipinski definition) is 1. The van der Waals surface area contributed by atoms with Crippen LogP contribution >= 0.6 is 11.3 Å². The molecule has 1 N–H and O–H groups in total. The Bertz CT molecular complexity index is 942. The highest BCUT2D eigenvalue weighted by Crippen LogP contribution is 2.41. The fraction of sp³-hybridized carbons (Fsp3) is 0.350. The molecule has 0 radical (unpaired) electrons. The van der Waals surface area contributed by atoms with E-state index in [-0.39, 0.29) is 5.91 Å². The van der Waals surface area contributed by atoms with Crippen LogP contribution in [0.2, 0.25) is 0 Å². The fourth-order valence-electron chi connectivity index (χ4n) is 3.65. The van der Waals surface area contributed by atoms with Crippen molar-refractivity contribution in [2.45, 2.75) is 31.6 Å². The van der Waals surface area contributed by atoms with Gasteiger partial charge < -0.3 is 4.90 Å². The van der Waals surface area contributed by atoms with E-state index in [1.165, 1.54) is 41.1 Å². The van der Waals surface area contributed by atoms with E-state index in [1.54, 1.807) is 0 Å². The highest BCUT2D eigenvalue weighted by Gasteiger charge is 2.32. The molecule has 0 bridgehead atoms. The third kappa shape index (κ3) is 2.84. The summed E-state index contributed by atoms with van der Waals surface area (Å²) in [6.45, 7) is 1.46. The lowest BCUT2D eigenvalue weighted by atomic mass is 10.1. The number of nitrogens with one attached hydrogen (secondary N) is 1. The second-order valence-electron chi connectivity index (χ2n) is 7.04. The standard InChI is InChI=1S/C20H20N4OS/c25-20(17-12-26-19(21-17)14-4-2-1-3-5-14)24-10-8-15-16(9-11-24)22-23-18(15)13-6-7-13/h1-5,12-13H,6-11H2,(H,22,23). The van der Waals surface area contributed by atoms with Crippen LogP contribution in [0, 0.1) is 0 Å². The van der Waals surface area contributed by atoms with Crippen LogP contribution in [-0.2, 0) is 12.8 Å². The zero-order valence-corrected chi connectivity index (χ0v) is 15.3. The van der Waals surface area contributed by atoms with E-state index < -0.39 is 0 Å². The average molecular weight is 364 g/mol. The molecule has 0 spiro atoms. The minimum Gasteiger partial charge on any atom is -0.337 e. The van der Waals surface area contributed by atoms with Crippen molar-refractivity contribution in [2.24, 2.45) is 0 Å². The minimum absolute atomic E-state index is 0.0366. The van der Waals surface area contributed by atoms with Gasteiger partial charge in [0, 0.05) is 42.1 Å². The number of hydrogen-bond acceptors (Lipinski definition) is 4. The van der Waals surface area contributed by atoms with Crippen molar-refractivity contribution >= 4 is 17.2 Å². The Morgan fingerprint density at radius 1 is 1.15 bits per heavy atom. The highest BCUT2D eigenvalue weighted by molar-refractivity contribution is 7.13. The zero-order chi connectivity index (χ0) is 17.5. The smallest absolute Gasteiger partial charge is 0.273 e. The summed E-state index contributed by atoms with van der Waals surface area (Å²) in [5, 5.41) is 10.5. The number of carbonyl (C=O) groups excluding carboxylic acids is 1. The van der Waals surface area contributed by atoms with Gasteiger partial charge in [-0.1, -0.05) is 30.3 Å². The molecule has 3 aromatic rings. The summed E-state index contributed by atoms with van der Waals surface area (Å²) in [5.41, 5.74) is 5.42. The molecule has 1 aromatic carbocycles. The molecule has 132 valence electrons. The first kappa shape index (κ1) is 15.8. The van der Waals surface area contributed by atoms with Gasteiger partial charge in [-0.05, 0) is 24.8 Å². The molecule has 0 unspecified atom stereocenters. The number of carbonyl (C=O) groups is 1. The lowest BCUT2D eigenvalue weighted by Crippen LogP contribution is -2.33. The quantitative estimate of drug-likeness (QED) is 0.772. The maximum Gasteiger partial charge on any atom is 0.273 e. The molecule has 2 aliphatic rings. The number of H-pyrrole nitrogens is 1. The summed E-state index contributed by atoms with van der Waals surface area (Å²) in [6, 6.07) is 10.0. The van der Waals surface area contributed by atoms with Crippen LogP contribution in [0.1, 0.15) is 46.2 Å². The van der Waals surface area contributed by atoms with Crippen LogP contribution in [0.3, 0.4) is 0 Å². The molecule has 1 aliphatic carbocycles. The Hall–Kier alpha value is -2.47. The first-order chi connectivity index (χ1) is 12.8. The molecule has 0 saturated heterocycles. The van der Waals surface area contributed by atoms with E-state index >= 15 is 0 Å². The lowest BCUT2D eigenvalue weighted by Gasteiger charge is -2.19. The van der Waals surface area contributed by atoms with Gasteiger partial charge in [0.05, 0.1) is 5.69 Å². The fourth-order valence-corrected chi connectivity index (χ4v) is 4.45. The van der Waals surface area contributed by atoms with E-state index in [9.17, 15) is 4.79 Å². The van der Waals surface area contributed by atoms with Gasteiger partial charge >= 0.3 is 0 Å². The predicted octanol–water partition coefficient (Wildman–Crippen LogP) is 3.65. The molecule has 1 fully saturated rings. The molecule has 5 rings (SSSR count).